The molecule has 2 N–H and O–H groups in total. The second-order valence-electron chi connectivity index (χ2n) is 6.95. The van der Waals surface area contributed by atoms with Gasteiger partial charge in [0.25, 0.3) is 5.91 Å². The van der Waals surface area contributed by atoms with Crippen molar-refractivity contribution in [2.75, 3.05) is 20.2 Å². The number of aromatic nitrogens is 1. The number of methoxy groups -OCH3 is 1. The van der Waals surface area contributed by atoms with E-state index in [9.17, 15) is 14.4 Å². The van der Waals surface area contributed by atoms with Crippen LogP contribution < -0.4 is 5.32 Å². The van der Waals surface area contributed by atoms with Crippen LogP contribution in [0.25, 0.3) is 10.9 Å². The Morgan fingerprint density at radius 1 is 1.10 bits per heavy atom. The zero-order valence-electron chi connectivity index (χ0n) is 16.0. The lowest BCUT2D eigenvalue weighted by atomic mass is 10.0. The Morgan fingerprint density at radius 3 is 2.66 bits per heavy atom. The van der Waals surface area contributed by atoms with Crippen molar-refractivity contribution >= 4 is 28.7 Å². The van der Waals surface area contributed by atoms with Gasteiger partial charge in [0.2, 0.25) is 5.91 Å². The zero-order chi connectivity index (χ0) is 20.4. The number of hydrogen-bond donors (Lipinski definition) is 2. The fraction of sp³-hybridized carbons (Fsp3) is 0.227. The predicted octanol–water partition coefficient (Wildman–Crippen LogP) is 2.27. The second kappa shape index (κ2) is 7.79. The molecular weight excluding hydrogens is 370 g/mol. The molecule has 1 aliphatic rings. The monoisotopic (exact) mass is 391 g/mol. The average molecular weight is 391 g/mol. The number of ether oxygens (including phenoxy) is 1. The molecule has 0 saturated carbocycles. The number of nitrogens with zero attached hydrogens (tertiary/aromatic N) is 1. The third kappa shape index (κ3) is 3.71. The minimum atomic E-state index is -0.394. The van der Waals surface area contributed by atoms with E-state index in [4.69, 9.17) is 4.74 Å². The summed E-state index contributed by atoms with van der Waals surface area (Å²) in [5, 5.41) is 3.59. The van der Waals surface area contributed by atoms with Gasteiger partial charge in [-0.15, -0.1) is 0 Å². The number of aromatic amines is 1. The predicted molar refractivity (Wildman–Crippen MR) is 108 cm³/mol. The summed E-state index contributed by atoms with van der Waals surface area (Å²) in [6, 6.07) is 14.2. The summed E-state index contributed by atoms with van der Waals surface area (Å²) < 4.78 is 4.80. The highest BCUT2D eigenvalue weighted by atomic mass is 16.5. The third-order valence-electron chi connectivity index (χ3n) is 5.19. The van der Waals surface area contributed by atoms with E-state index in [1.165, 1.54) is 7.11 Å². The van der Waals surface area contributed by atoms with Gasteiger partial charge in [0.15, 0.2) is 0 Å². The molecule has 0 atom stereocenters. The topological polar surface area (TPSA) is 91.5 Å². The first-order valence-electron chi connectivity index (χ1n) is 9.39. The lowest BCUT2D eigenvalue weighted by Gasteiger charge is -2.27. The molecule has 0 radical (unpaired) electrons. The van der Waals surface area contributed by atoms with Crippen molar-refractivity contribution < 1.29 is 19.1 Å². The quantitative estimate of drug-likeness (QED) is 0.668. The van der Waals surface area contributed by atoms with Gasteiger partial charge >= 0.3 is 5.97 Å². The molecule has 0 unspecified atom stereocenters. The maximum Gasteiger partial charge on any atom is 0.337 e. The molecule has 1 aromatic heterocycles. The Labute approximate surface area is 167 Å². The van der Waals surface area contributed by atoms with Gasteiger partial charge in [0, 0.05) is 47.2 Å². The number of carbonyl (C=O) groups excluding carboxylic acids is 3. The summed E-state index contributed by atoms with van der Waals surface area (Å²) >= 11 is 0. The Bertz CT molecular complexity index is 1090. The summed E-state index contributed by atoms with van der Waals surface area (Å²) in [5.74, 6) is -0.806. The molecule has 0 spiro atoms. The maximum atomic E-state index is 12.6. The number of amides is 2. The van der Waals surface area contributed by atoms with Crippen molar-refractivity contribution in [3.05, 3.63) is 70.9 Å². The van der Waals surface area contributed by atoms with Gasteiger partial charge in [-0.25, -0.2) is 4.79 Å². The highest BCUT2D eigenvalue weighted by Crippen LogP contribution is 2.28. The number of nitrogens with one attached hydrogen (secondary N) is 2. The van der Waals surface area contributed by atoms with E-state index >= 15 is 0 Å². The summed E-state index contributed by atoms with van der Waals surface area (Å²) in [4.78, 5) is 41.8. The zero-order valence-corrected chi connectivity index (χ0v) is 16.0. The number of rotatable bonds is 4. The summed E-state index contributed by atoms with van der Waals surface area (Å²) in [6.07, 6.45) is 0.690. The molecule has 2 aromatic carbocycles. The van der Waals surface area contributed by atoms with Crippen molar-refractivity contribution in [3.63, 3.8) is 0 Å². The molecule has 7 nitrogen and oxygen atoms in total. The molecule has 2 heterocycles. The number of benzene rings is 2. The molecule has 1 aliphatic heterocycles. The Kier molecular flexibility index (Phi) is 5.03. The molecule has 7 heteroatoms. The first kappa shape index (κ1) is 18.7. The summed E-state index contributed by atoms with van der Waals surface area (Å²) in [7, 11) is 1.35. The van der Waals surface area contributed by atoms with E-state index < -0.39 is 5.97 Å². The van der Waals surface area contributed by atoms with E-state index in [-0.39, 0.29) is 18.4 Å². The summed E-state index contributed by atoms with van der Waals surface area (Å²) in [6.45, 7) is 0.947. The molecule has 0 bridgehead atoms. The molecule has 3 aromatic rings. The molecule has 29 heavy (non-hydrogen) atoms. The van der Waals surface area contributed by atoms with Crippen LogP contribution in [0.15, 0.2) is 48.5 Å². The number of hydrogen-bond acceptors (Lipinski definition) is 4. The average Bonchev–Trinajstić information content (AvgIpc) is 3.14. The Morgan fingerprint density at radius 2 is 1.90 bits per heavy atom. The van der Waals surface area contributed by atoms with Crippen molar-refractivity contribution in [2.45, 2.75) is 13.0 Å². The van der Waals surface area contributed by atoms with E-state index in [1.807, 2.05) is 12.1 Å². The van der Waals surface area contributed by atoms with Crippen molar-refractivity contribution in [1.29, 1.82) is 0 Å². The van der Waals surface area contributed by atoms with Crippen molar-refractivity contribution in [3.8, 4) is 0 Å². The van der Waals surface area contributed by atoms with Crippen LogP contribution in [-0.2, 0) is 22.5 Å². The molecular formula is C22H21N3O4. The number of carbonyl (C=O) groups is 3. The van der Waals surface area contributed by atoms with E-state index in [2.05, 4.69) is 10.3 Å². The third-order valence-corrected chi connectivity index (χ3v) is 5.19. The summed E-state index contributed by atoms with van der Waals surface area (Å²) in [5.41, 5.74) is 3.99. The fourth-order valence-electron chi connectivity index (χ4n) is 3.63. The lowest BCUT2D eigenvalue weighted by molar-refractivity contribution is -0.131. The fourth-order valence-corrected chi connectivity index (χ4v) is 3.63. The SMILES string of the molecule is COC(=O)c1ccc2[nH]c3c(c2c1)CN(C(=O)CNC(=O)c1ccccc1)CC3. The molecule has 148 valence electrons. The maximum absolute atomic E-state index is 12.6. The number of H-pyrrole nitrogens is 1. The minimum absolute atomic E-state index is 0.0567. The lowest BCUT2D eigenvalue weighted by Crippen LogP contribution is -2.42. The van der Waals surface area contributed by atoms with Crippen LogP contribution in [0.2, 0.25) is 0 Å². The molecule has 0 fully saturated rings. The van der Waals surface area contributed by atoms with E-state index in [0.29, 0.717) is 30.6 Å². The van der Waals surface area contributed by atoms with Gasteiger partial charge in [-0.2, -0.15) is 0 Å². The number of fused-ring (bicyclic) bond motifs is 3. The van der Waals surface area contributed by atoms with Gasteiger partial charge in [0.1, 0.15) is 0 Å². The molecule has 0 aliphatic carbocycles. The second-order valence-corrected chi connectivity index (χ2v) is 6.95. The van der Waals surface area contributed by atoms with Gasteiger partial charge in [-0.1, -0.05) is 18.2 Å². The smallest absolute Gasteiger partial charge is 0.337 e. The molecule has 0 saturated heterocycles. The molecule has 4 rings (SSSR count). The van der Waals surface area contributed by atoms with Gasteiger partial charge < -0.3 is 19.9 Å². The van der Waals surface area contributed by atoms with E-state index in [0.717, 1.165) is 22.2 Å². The van der Waals surface area contributed by atoms with Gasteiger partial charge in [-0.3, -0.25) is 9.59 Å². The molecule has 2 amide bonds. The Balaban J connectivity index is 1.48. The largest absolute Gasteiger partial charge is 0.465 e. The number of esters is 1. The first-order valence-corrected chi connectivity index (χ1v) is 9.39. The normalized spacial score (nSPS) is 13.1. The van der Waals surface area contributed by atoms with E-state index in [1.54, 1.807) is 41.3 Å². The van der Waals surface area contributed by atoms with Crippen LogP contribution in [0.3, 0.4) is 0 Å². The highest BCUT2D eigenvalue weighted by Gasteiger charge is 2.25. The first-order chi connectivity index (χ1) is 14.1. The highest BCUT2D eigenvalue weighted by molar-refractivity contribution is 5.97. The van der Waals surface area contributed by atoms with Crippen LogP contribution in [0.5, 0.6) is 0 Å². The van der Waals surface area contributed by atoms with Crippen LogP contribution in [-0.4, -0.2) is 47.9 Å². The van der Waals surface area contributed by atoms with Crippen LogP contribution in [0.4, 0.5) is 0 Å². The van der Waals surface area contributed by atoms with Crippen LogP contribution in [0.1, 0.15) is 32.0 Å². The van der Waals surface area contributed by atoms with Crippen molar-refractivity contribution in [1.82, 2.24) is 15.2 Å². The van der Waals surface area contributed by atoms with Gasteiger partial charge in [-0.05, 0) is 30.3 Å². The van der Waals surface area contributed by atoms with Crippen molar-refractivity contribution in [2.24, 2.45) is 0 Å². The standard InChI is InChI=1S/C22H21N3O4/c1-29-22(28)15-7-8-18-16(11-15)17-13-25(10-9-19(17)24-18)20(26)12-23-21(27)14-5-3-2-4-6-14/h2-8,11,24H,9-10,12-13H2,1H3,(H,23,27). The van der Waals surface area contributed by atoms with Crippen LogP contribution in [0, 0.1) is 0 Å². The van der Waals surface area contributed by atoms with Gasteiger partial charge in [0.05, 0.1) is 19.2 Å². The van der Waals surface area contributed by atoms with Crippen LogP contribution >= 0.6 is 0 Å². The minimum Gasteiger partial charge on any atom is -0.465 e. The Hall–Kier alpha value is -3.61.